The van der Waals surface area contributed by atoms with Crippen LogP contribution in [0.15, 0.2) is 24.3 Å². The molecule has 7 heteroatoms. The van der Waals surface area contributed by atoms with E-state index in [1.165, 1.54) is 0 Å². The monoisotopic (exact) mass is 252 g/mol. The van der Waals surface area contributed by atoms with E-state index in [-0.39, 0.29) is 5.75 Å². The van der Waals surface area contributed by atoms with E-state index >= 15 is 0 Å². The molecule has 0 radical (unpaired) electrons. The summed E-state index contributed by atoms with van der Waals surface area (Å²) in [5, 5.41) is 8.33. The molecule has 1 N–H and O–H groups in total. The first-order chi connectivity index (χ1) is 7.79. The number of alkyl halides is 3. The fourth-order valence-electron chi connectivity index (χ4n) is 1.06. The molecular formula is C10H8F4O3. The fourth-order valence-corrected chi connectivity index (χ4v) is 1.06. The number of hydrogen-bond acceptors (Lipinski definition) is 2. The average Bonchev–Trinajstić information content (AvgIpc) is 2.18. The van der Waals surface area contributed by atoms with Crippen molar-refractivity contribution in [1.82, 2.24) is 0 Å². The number of carboxylic acid groups (broad SMARTS) is 1. The minimum absolute atomic E-state index is 0.241. The molecule has 0 aliphatic carbocycles. The van der Waals surface area contributed by atoms with Gasteiger partial charge in [-0.25, -0.2) is 4.39 Å². The van der Waals surface area contributed by atoms with Crippen LogP contribution in [0.1, 0.15) is 6.42 Å². The highest BCUT2D eigenvalue weighted by atomic mass is 19.4. The van der Waals surface area contributed by atoms with Crippen molar-refractivity contribution < 1.29 is 32.2 Å². The second-order valence-corrected chi connectivity index (χ2v) is 3.20. The van der Waals surface area contributed by atoms with Crippen LogP contribution in [0.3, 0.4) is 0 Å². The second-order valence-electron chi connectivity index (χ2n) is 3.20. The minimum Gasteiger partial charge on any atom is -0.481 e. The van der Waals surface area contributed by atoms with E-state index in [0.717, 1.165) is 24.3 Å². The van der Waals surface area contributed by atoms with Gasteiger partial charge < -0.3 is 9.84 Å². The average molecular weight is 252 g/mol. The van der Waals surface area contributed by atoms with Crippen LogP contribution in [0.2, 0.25) is 0 Å². The Hall–Kier alpha value is -1.79. The van der Waals surface area contributed by atoms with Crippen molar-refractivity contribution in [2.24, 2.45) is 0 Å². The van der Waals surface area contributed by atoms with Crippen molar-refractivity contribution in [2.45, 2.75) is 18.7 Å². The highest BCUT2D eigenvalue weighted by molar-refractivity contribution is 5.67. The molecule has 0 fully saturated rings. The Kier molecular flexibility index (Phi) is 3.93. The van der Waals surface area contributed by atoms with Crippen molar-refractivity contribution in [3.05, 3.63) is 30.1 Å². The van der Waals surface area contributed by atoms with E-state index in [4.69, 9.17) is 5.11 Å². The first kappa shape index (κ1) is 13.3. The van der Waals surface area contributed by atoms with Crippen molar-refractivity contribution in [3.63, 3.8) is 0 Å². The third-order valence-corrected chi connectivity index (χ3v) is 1.82. The summed E-state index contributed by atoms with van der Waals surface area (Å²) in [6.45, 7) is 0. The molecule has 0 bridgehead atoms. The first-order valence-corrected chi connectivity index (χ1v) is 4.50. The molecule has 1 atom stereocenters. The molecule has 1 unspecified atom stereocenters. The van der Waals surface area contributed by atoms with Gasteiger partial charge in [-0.1, -0.05) is 0 Å². The topological polar surface area (TPSA) is 46.5 Å². The maximum Gasteiger partial charge on any atom is 0.425 e. The molecule has 0 aliphatic heterocycles. The third-order valence-electron chi connectivity index (χ3n) is 1.82. The van der Waals surface area contributed by atoms with E-state index in [1.807, 2.05) is 0 Å². The van der Waals surface area contributed by atoms with Crippen LogP contribution >= 0.6 is 0 Å². The summed E-state index contributed by atoms with van der Waals surface area (Å²) in [6, 6.07) is 3.83. The van der Waals surface area contributed by atoms with Crippen LogP contribution < -0.4 is 4.74 Å². The van der Waals surface area contributed by atoms with Crippen molar-refractivity contribution in [1.29, 1.82) is 0 Å². The van der Waals surface area contributed by atoms with E-state index in [1.54, 1.807) is 0 Å². The molecule has 0 spiro atoms. The Morgan fingerprint density at radius 3 is 2.24 bits per heavy atom. The van der Waals surface area contributed by atoms with Gasteiger partial charge in [0.05, 0.1) is 6.42 Å². The van der Waals surface area contributed by atoms with Gasteiger partial charge in [0, 0.05) is 0 Å². The third kappa shape index (κ3) is 4.29. The summed E-state index contributed by atoms with van der Waals surface area (Å²) in [7, 11) is 0. The lowest BCUT2D eigenvalue weighted by atomic mass is 10.2. The molecule has 0 amide bonds. The normalized spacial score (nSPS) is 13.2. The number of rotatable bonds is 4. The molecule has 0 heterocycles. The summed E-state index contributed by atoms with van der Waals surface area (Å²) in [5.41, 5.74) is 0. The smallest absolute Gasteiger partial charge is 0.425 e. The lowest BCUT2D eigenvalue weighted by Gasteiger charge is -2.20. The molecule has 17 heavy (non-hydrogen) atoms. The van der Waals surface area contributed by atoms with Crippen LogP contribution in [-0.2, 0) is 4.79 Å². The molecule has 1 rings (SSSR count). The maximum absolute atomic E-state index is 12.5. The summed E-state index contributed by atoms with van der Waals surface area (Å²) >= 11 is 0. The van der Waals surface area contributed by atoms with Crippen molar-refractivity contribution >= 4 is 5.97 Å². The predicted octanol–water partition coefficient (Wildman–Crippen LogP) is 2.61. The molecule has 94 valence electrons. The Balaban J connectivity index is 2.79. The van der Waals surface area contributed by atoms with E-state index < -0.39 is 30.5 Å². The van der Waals surface area contributed by atoms with Crippen LogP contribution in [-0.4, -0.2) is 23.4 Å². The van der Waals surface area contributed by atoms with E-state index in [0.29, 0.717) is 0 Å². The van der Waals surface area contributed by atoms with Gasteiger partial charge in [-0.3, -0.25) is 4.79 Å². The molecule has 0 saturated heterocycles. The standard InChI is InChI=1S/C10H8F4O3/c11-6-1-3-7(4-2-6)17-8(5-9(15)16)10(12,13)14/h1-4,8H,5H2,(H,15,16). The van der Waals surface area contributed by atoms with Gasteiger partial charge in [-0.05, 0) is 24.3 Å². The highest BCUT2D eigenvalue weighted by Crippen LogP contribution is 2.27. The fraction of sp³-hybridized carbons (Fsp3) is 0.300. The first-order valence-electron chi connectivity index (χ1n) is 4.50. The Bertz CT molecular complexity index is 386. The Morgan fingerprint density at radius 1 is 1.29 bits per heavy atom. The van der Waals surface area contributed by atoms with Gasteiger partial charge in [-0.2, -0.15) is 13.2 Å². The molecule has 1 aromatic carbocycles. The van der Waals surface area contributed by atoms with Gasteiger partial charge in [0.2, 0.25) is 6.10 Å². The largest absolute Gasteiger partial charge is 0.481 e. The highest BCUT2D eigenvalue weighted by Gasteiger charge is 2.43. The second kappa shape index (κ2) is 5.03. The molecule has 3 nitrogen and oxygen atoms in total. The number of carboxylic acids is 1. The predicted molar refractivity (Wildman–Crippen MR) is 49.1 cm³/mol. The number of carbonyl (C=O) groups is 1. The molecular weight excluding hydrogens is 244 g/mol. The summed E-state index contributed by atoms with van der Waals surface area (Å²) < 4.78 is 54.1. The lowest BCUT2D eigenvalue weighted by Crippen LogP contribution is -2.36. The van der Waals surface area contributed by atoms with E-state index in [9.17, 15) is 22.4 Å². The maximum atomic E-state index is 12.5. The minimum atomic E-state index is -4.80. The molecule has 1 aromatic rings. The zero-order valence-electron chi connectivity index (χ0n) is 8.37. The van der Waals surface area contributed by atoms with Gasteiger partial charge in [0.25, 0.3) is 0 Å². The number of aliphatic carboxylic acids is 1. The summed E-state index contributed by atoms with van der Waals surface area (Å²) in [4.78, 5) is 10.3. The SMILES string of the molecule is O=C(O)CC(Oc1ccc(F)cc1)C(F)(F)F. The van der Waals surface area contributed by atoms with Gasteiger partial charge >= 0.3 is 12.1 Å². The number of ether oxygens (including phenoxy) is 1. The Labute approximate surface area is 93.6 Å². The van der Waals surface area contributed by atoms with Crippen LogP contribution in [0.4, 0.5) is 17.6 Å². The van der Waals surface area contributed by atoms with Crippen LogP contribution in [0.25, 0.3) is 0 Å². The number of halogens is 4. The van der Waals surface area contributed by atoms with Gasteiger partial charge in [-0.15, -0.1) is 0 Å². The molecule has 0 saturated carbocycles. The van der Waals surface area contributed by atoms with E-state index in [2.05, 4.69) is 4.74 Å². The Morgan fingerprint density at radius 2 is 1.82 bits per heavy atom. The van der Waals surface area contributed by atoms with Gasteiger partial charge in [0.15, 0.2) is 0 Å². The molecule has 0 aliphatic rings. The quantitative estimate of drug-likeness (QED) is 0.838. The summed E-state index contributed by atoms with van der Waals surface area (Å²) in [5.74, 6) is -2.50. The van der Waals surface area contributed by atoms with Crippen molar-refractivity contribution in [2.75, 3.05) is 0 Å². The summed E-state index contributed by atoms with van der Waals surface area (Å²) in [6.07, 6.45) is -8.46. The van der Waals surface area contributed by atoms with Crippen LogP contribution in [0.5, 0.6) is 5.75 Å². The van der Waals surface area contributed by atoms with Crippen molar-refractivity contribution in [3.8, 4) is 5.75 Å². The molecule has 0 aromatic heterocycles. The number of hydrogen-bond donors (Lipinski definition) is 1. The lowest BCUT2D eigenvalue weighted by molar-refractivity contribution is -0.200. The zero-order chi connectivity index (χ0) is 13.1. The van der Waals surface area contributed by atoms with Crippen LogP contribution in [0, 0.1) is 5.82 Å². The number of benzene rings is 1. The van der Waals surface area contributed by atoms with Gasteiger partial charge in [0.1, 0.15) is 11.6 Å². The zero-order valence-corrected chi connectivity index (χ0v) is 8.37.